The summed E-state index contributed by atoms with van der Waals surface area (Å²) < 4.78 is 20.2. The van der Waals surface area contributed by atoms with Gasteiger partial charge in [0.2, 0.25) is 0 Å². The Bertz CT molecular complexity index is 793. The van der Waals surface area contributed by atoms with Crippen LogP contribution in [0.3, 0.4) is 0 Å². The molecule has 3 aromatic rings. The number of ether oxygens (including phenoxy) is 1. The lowest BCUT2D eigenvalue weighted by Gasteiger charge is -2.01. The maximum absolute atomic E-state index is 13.2. The van der Waals surface area contributed by atoms with Crippen LogP contribution in [0.1, 0.15) is 11.1 Å². The van der Waals surface area contributed by atoms with Gasteiger partial charge in [0.15, 0.2) is 8.68 Å². The molecule has 0 bridgehead atoms. The molecule has 3 nitrogen and oxygen atoms in total. The topological polar surface area (TPSA) is 35.0 Å². The molecular formula is C17H15FN2OS3. The number of aromatic nitrogens is 2. The number of halogens is 1. The minimum Gasteiger partial charge on any atom is -0.497 e. The van der Waals surface area contributed by atoms with Crippen molar-refractivity contribution >= 4 is 34.9 Å². The molecular weight excluding hydrogens is 363 g/mol. The van der Waals surface area contributed by atoms with Crippen LogP contribution < -0.4 is 4.74 Å². The van der Waals surface area contributed by atoms with Crippen molar-refractivity contribution in [1.29, 1.82) is 0 Å². The number of methoxy groups -OCH3 is 1. The molecule has 0 saturated heterocycles. The van der Waals surface area contributed by atoms with E-state index in [1.165, 1.54) is 11.6 Å². The number of benzene rings is 2. The molecule has 3 rings (SSSR count). The Morgan fingerprint density at radius 2 is 1.62 bits per heavy atom. The highest BCUT2D eigenvalue weighted by atomic mass is 32.2. The zero-order chi connectivity index (χ0) is 16.8. The normalized spacial score (nSPS) is 10.8. The van der Waals surface area contributed by atoms with Gasteiger partial charge in [-0.1, -0.05) is 59.1 Å². The van der Waals surface area contributed by atoms with Gasteiger partial charge in [0, 0.05) is 11.5 Å². The summed E-state index contributed by atoms with van der Waals surface area (Å²) in [6.45, 7) is 0. The van der Waals surface area contributed by atoms with Gasteiger partial charge >= 0.3 is 0 Å². The van der Waals surface area contributed by atoms with Gasteiger partial charge in [0.05, 0.1) is 7.11 Å². The molecule has 0 N–H and O–H groups in total. The van der Waals surface area contributed by atoms with E-state index < -0.39 is 0 Å². The van der Waals surface area contributed by atoms with Crippen molar-refractivity contribution in [2.45, 2.75) is 20.2 Å². The van der Waals surface area contributed by atoms with E-state index >= 15 is 0 Å². The summed E-state index contributed by atoms with van der Waals surface area (Å²) in [5.74, 6) is 2.18. The number of thioether (sulfide) groups is 2. The van der Waals surface area contributed by atoms with E-state index in [4.69, 9.17) is 4.74 Å². The van der Waals surface area contributed by atoms with Gasteiger partial charge in [-0.25, -0.2) is 4.39 Å². The molecule has 2 aromatic carbocycles. The fourth-order valence-corrected chi connectivity index (χ4v) is 4.87. The van der Waals surface area contributed by atoms with Crippen molar-refractivity contribution in [3.8, 4) is 5.75 Å². The smallest absolute Gasteiger partial charge is 0.175 e. The number of hydrogen-bond donors (Lipinski definition) is 0. The maximum Gasteiger partial charge on any atom is 0.175 e. The van der Waals surface area contributed by atoms with Crippen LogP contribution in [0.25, 0.3) is 0 Å². The Morgan fingerprint density at radius 1 is 0.958 bits per heavy atom. The van der Waals surface area contributed by atoms with Crippen molar-refractivity contribution in [2.24, 2.45) is 0 Å². The van der Waals surface area contributed by atoms with Crippen LogP contribution in [-0.4, -0.2) is 17.3 Å². The molecule has 24 heavy (non-hydrogen) atoms. The first-order valence-electron chi connectivity index (χ1n) is 7.19. The van der Waals surface area contributed by atoms with Crippen LogP contribution in [0.4, 0.5) is 4.39 Å². The van der Waals surface area contributed by atoms with Gasteiger partial charge in [0.1, 0.15) is 11.6 Å². The van der Waals surface area contributed by atoms with Crippen LogP contribution in [0.15, 0.2) is 57.2 Å². The second-order valence-corrected chi connectivity index (χ2v) is 8.31. The molecule has 0 aliphatic carbocycles. The van der Waals surface area contributed by atoms with Gasteiger partial charge in [-0.3, -0.25) is 0 Å². The highest BCUT2D eigenvalue weighted by Gasteiger charge is 2.07. The van der Waals surface area contributed by atoms with Crippen LogP contribution in [0.2, 0.25) is 0 Å². The number of rotatable bonds is 7. The first-order chi connectivity index (χ1) is 11.7. The number of nitrogens with zero attached hydrogens (tertiary/aromatic N) is 2. The zero-order valence-electron chi connectivity index (χ0n) is 12.9. The van der Waals surface area contributed by atoms with Crippen molar-refractivity contribution in [2.75, 3.05) is 7.11 Å². The van der Waals surface area contributed by atoms with Crippen LogP contribution in [0.5, 0.6) is 5.75 Å². The molecule has 0 radical (unpaired) electrons. The lowest BCUT2D eigenvalue weighted by Crippen LogP contribution is -1.84. The van der Waals surface area contributed by atoms with Gasteiger partial charge < -0.3 is 4.74 Å². The Balaban J connectivity index is 1.51. The first kappa shape index (κ1) is 17.3. The molecule has 0 aliphatic rings. The minimum absolute atomic E-state index is 0.207. The lowest BCUT2D eigenvalue weighted by atomic mass is 10.2. The molecule has 0 saturated carbocycles. The maximum atomic E-state index is 13.2. The average molecular weight is 379 g/mol. The minimum atomic E-state index is -0.207. The molecule has 1 heterocycles. The summed E-state index contributed by atoms with van der Waals surface area (Å²) in [6, 6.07) is 14.6. The standard InChI is InChI=1S/C17H15FN2OS3/c1-21-15-7-5-12(6-8-15)10-22-16-19-20-17(24-16)23-11-13-3-2-4-14(18)9-13/h2-9H,10-11H2,1H3. The van der Waals surface area contributed by atoms with Crippen molar-refractivity contribution in [1.82, 2.24) is 10.2 Å². The van der Waals surface area contributed by atoms with E-state index in [2.05, 4.69) is 10.2 Å². The average Bonchev–Trinajstić information content (AvgIpc) is 3.07. The van der Waals surface area contributed by atoms with Gasteiger partial charge in [0.25, 0.3) is 0 Å². The third-order valence-electron chi connectivity index (χ3n) is 3.16. The summed E-state index contributed by atoms with van der Waals surface area (Å²) in [5.41, 5.74) is 2.16. The van der Waals surface area contributed by atoms with E-state index in [0.29, 0.717) is 5.75 Å². The second kappa shape index (κ2) is 8.50. The van der Waals surface area contributed by atoms with Gasteiger partial charge in [-0.05, 0) is 35.4 Å². The SMILES string of the molecule is COc1ccc(CSc2nnc(SCc3cccc(F)c3)s2)cc1. The molecule has 7 heteroatoms. The predicted molar refractivity (Wildman–Crippen MR) is 98.4 cm³/mol. The second-order valence-electron chi connectivity index (χ2n) is 4.89. The molecule has 0 amide bonds. The quantitative estimate of drug-likeness (QED) is 0.523. The summed E-state index contributed by atoms with van der Waals surface area (Å²) in [4.78, 5) is 0. The zero-order valence-corrected chi connectivity index (χ0v) is 15.4. The Hall–Kier alpha value is -1.57. The fourth-order valence-electron chi connectivity index (χ4n) is 1.95. The van der Waals surface area contributed by atoms with Crippen LogP contribution in [-0.2, 0) is 11.5 Å². The van der Waals surface area contributed by atoms with E-state index in [0.717, 1.165) is 25.7 Å². The summed E-state index contributed by atoms with van der Waals surface area (Å²) >= 11 is 4.81. The monoisotopic (exact) mass is 378 g/mol. The van der Waals surface area contributed by atoms with Gasteiger partial charge in [-0.15, -0.1) is 10.2 Å². The van der Waals surface area contributed by atoms with E-state index in [1.54, 1.807) is 54.1 Å². The predicted octanol–water partition coefficient (Wildman–Crippen LogP) is 5.27. The third-order valence-corrected chi connectivity index (χ3v) is 6.49. The van der Waals surface area contributed by atoms with Crippen molar-refractivity contribution in [3.63, 3.8) is 0 Å². The van der Waals surface area contributed by atoms with E-state index in [-0.39, 0.29) is 5.82 Å². The Morgan fingerprint density at radius 3 is 2.25 bits per heavy atom. The molecule has 0 atom stereocenters. The van der Waals surface area contributed by atoms with E-state index in [1.807, 2.05) is 30.3 Å². The Kier molecular flexibility index (Phi) is 6.12. The fraction of sp³-hybridized carbons (Fsp3) is 0.176. The Labute approximate surface area is 152 Å². The highest BCUT2D eigenvalue weighted by molar-refractivity contribution is 8.02. The van der Waals surface area contributed by atoms with Gasteiger partial charge in [-0.2, -0.15) is 0 Å². The summed E-state index contributed by atoms with van der Waals surface area (Å²) in [7, 11) is 1.66. The molecule has 124 valence electrons. The van der Waals surface area contributed by atoms with Crippen molar-refractivity contribution in [3.05, 3.63) is 65.5 Å². The van der Waals surface area contributed by atoms with E-state index in [9.17, 15) is 4.39 Å². The van der Waals surface area contributed by atoms with Crippen molar-refractivity contribution < 1.29 is 9.13 Å². The molecule has 0 aliphatic heterocycles. The summed E-state index contributed by atoms with van der Waals surface area (Å²) in [6.07, 6.45) is 0. The molecule has 0 unspecified atom stereocenters. The summed E-state index contributed by atoms with van der Waals surface area (Å²) in [5, 5.41) is 8.40. The highest BCUT2D eigenvalue weighted by Crippen LogP contribution is 2.32. The van der Waals surface area contributed by atoms with Crippen LogP contribution >= 0.6 is 34.9 Å². The first-order valence-corrected chi connectivity index (χ1v) is 9.98. The number of hydrogen-bond acceptors (Lipinski definition) is 6. The largest absolute Gasteiger partial charge is 0.497 e. The third kappa shape index (κ3) is 4.96. The van der Waals surface area contributed by atoms with Crippen LogP contribution in [0, 0.1) is 5.82 Å². The molecule has 0 spiro atoms. The molecule has 0 fully saturated rings. The molecule has 1 aromatic heterocycles. The lowest BCUT2D eigenvalue weighted by molar-refractivity contribution is 0.414.